The van der Waals surface area contributed by atoms with Crippen LogP contribution in [-0.4, -0.2) is 11.5 Å². The minimum atomic E-state index is 0.856. The minimum Gasteiger partial charge on any atom is -0.399 e. The molecule has 0 fully saturated rings. The normalized spacial score (nSPS) is 10.6. The summed E-state index contributed by atoms with van der Waals surface area (Å²) >= 11 is 1.64. The van der Waals surface area contributed by atoms with Gasteiger partial charge >= 0.3 is 0 Å². The van der Waals surface area contributed by atoms with Crippen LogP contribution in [0.25, 0.3) is 0 Å². The third kappa shape index (κ3) is 3.54. The number of nitrogens with one attached hydrogen (secondary N) is 1. The Labute approximate surface area is 106 Å². The van der Waals surface area contributed by atoms with E-state index >= 15 is 0 Å². The molecule has 0 radical (unpaired) electrons. The van der Waals surface area contributed by atoms with Crippen LogP contribution >= 0.6 is 11.3 Å². The summed E-state index contributed by atoms with van der Waals surface area (Å²) in [6.45, 7) is 3.82. The lowest BCUT2D eigenvalue weighted by atomic mass is 10.1. The Hall–Kier alpha value is -1.39. The second kappa shape index (κ2) is 5.80. The first-order chi connectivity index (χ1) is 8.25. The second-order valence-electron chi connectivity index (χ2n) is 4.10. The van der Waals surface area contributed by atoms with Crippen molar-refractivity contribution in [2.45, 2.75) is 19.9 Å². The van der Waals surface area contributed by atoms with E-state index in [4.69, 9.17) is 5.73 Å². The van der Waals surface area contributed by atoms with Crippen molar-refractivity contribution in [1.82, 2.24) is 10.3 Å². The first kappa shape index (κ1) is 12.1. The maximum absolute atomic E-state index is 5.87. The molecule has 2 rings (SSSR count). The molecule has 0 aliphatic heterocycles. The van der Waals surface area contributed by atoms with Gasteiger partial charge in [0.1, 0.15) is 0 Å². The van der Waals surface area contributed by atoms with E-state index in [-0.39, 0.29) is 0 Å². The van der Waals surface area contributed by atoms with Gasteiger partial charge < -0.3 is 11.1 Å². The highest BCUT2D eigenvalue weighted by atomic mass is 32.1. The molecule has 0 atom stereocenters. The van der Waals surface area contributed by atoms with Crippen LogP contribution in [0.2, 0.25) is 0 Å². The van der Waals surface area contributed by atoms with Gasteiger partial charge in [0.05, 0.1) is 11.2 Å². The molecule has 3 nitrogen and oxygen atoms in total. The molecule has 0 spiro atoms. The lowest BCUT2D eigenvalue weighted by molar-refractivity contribution is 0.681. The molecule has 1 aromatic carbocycles. The van der Waals surface area contributed by atoms with Crippen LogP contribution in [0.15, 0.2) is 29.1 Å². The number of nitrogens with zero attached hydrogens (tertiary/aromatic N) is 1. The monoisotopic (exact) mass is 247 g/mol. The molecule has 0 bridgehead atoms. The fourth-order valence-electron chi connectivity index (χ4n) is 1.61. The highest BCUT2D eigenvalue weighted by Crippen LogP contribution is 2.12. The maximum Gasteiger partial charge on any atom is 0.0794 e. The number of nitrogen functional groups attached to an aromatic ring is 1. The van der Waals surface area contributed by atoms with Gasteiger partial charge in [-0.2, -0.15) is 0 Å². The van der Waals surface area contributed by atoms with E-state index in [0.29, 0.717) is 0 Å². The van der Waals surface area contributed by atoms with Crippen molar-refractivity contribution in [3.8, 4) is 0 Å². The van der Waals surface area contributed by atoms with Crippen molar-refractivity contribution in [3.05, 3.63) is 45.9 Å². The number of aromatic nitrogens is 1. The summed E-state index contributed by atoms with van der Waals surface area (Å²) in [5, 5.41) is 5.48. The summed E-state index contributed by atoms with van der Waals surface area (Å²) in [4.78, 5) is 4.25. The minimum absolute atomic E-state index is 0.856. The highest BCUT2D eigenvalue weighted by Gasteiger charge is 1.98. The van der Waals surface area contributed by atoms with Crippen LogP contribution in [0.5, 0.6) is 0 Å². The Kier molecular flexibility index (Phi) is 4.12. The SMILES string of the molecule is Cc1ccc(CNCCc2cscn2)cc1N. The van der Waals surface area contributed by atoms with Gasteiger partial charge in [-0.15, -0.1) is 11.3 Å². The highest BCUT2D eigenvalue weighted by molar-refractivity contribution is 7.07. The van der Waals surface area contributed by atoms with E-state index in [1.165, 1.54) is 5.56 Å². The molecule has 0 aliphatic carbocycles. The summed E-state index contributed by atoms with van der Waals surface area (Å²) in [6, 6.07) is 6.21. The number of aryl methyl sites for hydroxylation is 1. The van der Waals surface area contributed by atoms with Gasteiger partial charge in [0.15, 0.2) is 0 Å². The van der Waals surface area contributed by atoms with Gasteiger partial charge in [-0.1, -0.05) is 12.1 Å². The topological polar surface area (TPSA) is 50.9 Å². The van der Waals surface area contributed by atoms with Crippen LogP contribution in [0.4, 0.5) is 5.69 Å². The van der Waals surface area contributed by atoms with E-state index < -0.39 is 0 Å². The molecule has 90 valence electrons. The third-order valence-electron chi connectivity index (χ3n) is 2.71. The van der Waals surface area contributed by atoms with Crippen LogP contribution in [0, 0.1) is 6.92 Å². The van der Waals surface area contributed by atoms with E-state index in [9.17, 15) is 0 Å². The average molecular weight is 247 g/mol. The molecular weight excluding hydrogens is 230 g/mol. The predicted molar refractivity (Wildman–Crippen MR) is 73.1 cm³/mol. The second-order valence-corrected chi connectivity index (χ2v) is 4.82. The van der Waals surface area contributed by atoms with Gasteiger partial charge in [0.2, 0.25) is 0 Å². The molecule has 0 saturated carbocycles. The Morgan fingerprint density at radius 3 is 3.00 bits per heavy atom. The Morgan fingerprint density at radius 2 is 2.29 bits per heavy atom. The molecule has 0 saturated heterocycles. The molecule has 4 heteroatoms. The van der Waals surface area contributed by atoms with Gasteiger partial charge in [-0.3, -0.25) is 0 Å². The number of hydrogen-bond donors (Lipinski definition) is 2. The van der Waals surface area contributed by atoms with Gasteiger partial charge in [0, 0.05) is 30.6 Å². The van der Waals surface area contributed by atoms with Crippen molar-refractivity contribution >= 4 is 17.0 Å². The van der Waals surface area contributed by atoms with Crippen LogP contribution in [0.3, 0.4) is 0 Å². The van der Waals surface area contributed by atoms with Gasteiger partial charge in [-0.05, 0) is 24.1 Å². The zero-order valence-electron chi connectivity index (χ0n) is 9.94. The van der Waals surface area contributed by atoms with E-state index in [2.05, 4.69) is 27.8 Å². The van der Waals surface area contributed by atoms with Gasteiger partial charge in [0.25, 0.3) is 0 Å². The smallest absolute Gasteiger partial charge is 0.0794 e. The largest absolute Gasteiger partial charge is 0.399 e. The summed E-state index contributed by atoms with van der Waals surface area (Å²) in [5.74, 6) is 0. The molecule has 3 N–H and O–H groups in total. The molecule has 1 aromatic heterocycles. The van der Waals surface area contributed by atoms with Crippen molar-refractivity contribution in [1.29, 1.82) is 0 Å². The molecule has 0 amide bonds. The molecule has 1 heterocycles. The number of nitrogens with two attached hydrogens (primary N) is 1. The fraction of sp³-hybridized carbons (Fsp3) is 0.308. The van der Waals surface area contributed by atoms with Crippen molar-refractivity contribution in [2.24, 2.45) is 0 Å². The summed E-state index contributed by atoms with van der Waals surface area (Å²) in [7, 11) is 0. The van der Waals surface area contributed by atoms with Crippen molar-refractivity contribution < 1.29 is 0 Å². The molecule has 0 aliphatic rings. The molecule has 2 aromatic rings. The van der Waals surface area contributed by atoms with Crippen LogP contribution < -0.4 is 11.1 Å². The zero-order valence-corrected chi connectivity index (χ0v) is 10.8. The number of hydrogen-bond acceptors (Lipinski definition) is 4. The predicted octanol–water partition coefficient (Wildman–Crippen LogP) is 2.37. The fourth-order valence-corrected chi connectivity index (χ4v) is 2.20. The molecular formula is C13H17N3S. The Bertz CT molecular complexity index is 466. The Balaban J connectivity index is 1.76. The van der Waals surface area contributed by atoms with Crippen LogP contribution in [0.1, 0.15) is 16.8 Å². The third-order valence-corrected chi connectivity index (χ3v) is 3.35. The summed E-state index contributed by atoms with van der Waals surface area (Å²) in [6.07, 6.45) is 0.977. The van der Waals surface area contributed by atoms with E-state index in [0.717, 1.165) is 36.5 Å². The number of thiazole rings is 1. The zero-order chi connectivity index (χ0) is 12.1. The lowest BCUT2D eigenvalue weighted by Gasteiger charge is -2.06. The first-order valence-electron chi connectivity index (χ1n) is 5.68. The van der Waals surface area contributed by atoms with Crippen molar-refractivity contribution in [3.63, 3.8) is 0 Å². The standard InChI is InChI=1S/C13H17N3S/c1-10-2-3-11(6-13(10)14)7-15-5-4-12-8-17-9-16-12/h2-3,6,8-9,15H,4-5,7,14H2,1H3. The summed E-state index contributed by atoms with van der Waals surface area (Å²) in [5.41, 5.74) is 12.1. The quantitative estimate of drug-likeness (QED) is 0.630. The lowest BCUT2D eigenvalue weighted by Crippen LogP contribution is -2.16. The van der Waals surface area contributed by atoms with Crippen LogP contribution in [-0.2, 0) is 13.0 Å². The van der Waals surface area contributed by atoms with Gasteiger partial charge in [-0.25, -0.2) is 4.98 Å². The number of benzene rings is 1. The number of anilines is 1. The average Bonchev–Trinajstić information content (AvgIpc) is 2.82. The summed E-state index contributed by atoms with van der Waals surface area (Å²) < 4.78 is 0. The number of rotatable bonds is 5. The molecule has 0 unspecified atom stereocenters. The maximum atomic E-state index is 5.87. The van der Waals surface area contributed by atoms with E-state index in [1.54, 1.807) is 11.3 Å². The van der Waals surface area contributed by atoms with Crippen molar-refractivity contribution in [2.75, 3.05) is 12.3 Å². The molecule has 17 heavy (non-hydrogen) atoms. The first-order valence-corrected chi connectivity index (χ1v) is 6.63. The Morgan fingerprint density at radius 1 is 1.41 bits per heavy atom. The van der Waals surface area contributed by atoms with E-state index in [1.807, 2.05) is 18.5 Å².